The summed E-state index contributed by atoms with van der Waals surface area (Å²) in [5, 5.41) is 11.4. The van der Waals surface area contributed by atoms with E-state index >= 15 is 0 Å². The molecule has 0 radical (unpaired) electrons. The van der Waals surface area contributed by atoms with E-state index in [9.17, 15) is 0 Å². The van der Waals surface area contributed by atoms with E-state index in [0.717, 1.165) is 23.8 Å². The first-order valence-electron chi connectivity index (χ1n) is 6.38. The molecule has 4 heteroatoms. The molecule has 1 aromatic rings. The maximum atomic E-state index is 6.03. The molecule has 1 N–H and O–H groups in total. The Kier molecular flexibility index (Phi) is 4.60. The Morgan fingerprint density at radius 3 is 2.82 bits per heavy atom. The topological polar surface area (TPSA) is 37.8 Å². The molecule has 0 saturated heterocycles. The van der Waals surface area contributed by atoms with Gasteiger partial charge in [0, 0.05) is 12.4 Å². The summed E-state index contributed by atoms with van der Waals surface area (Å²) >= 11 is 6.03. The number of hydrogen-bond donors (Lipinski definition) is 1. The van der Waals surface area contributed by atoms with E-state index in [0.29, 0.717) is 11.8 Å². The fourth-order valence-electron chi connectivity index (χ4n) is 2.54. The van der Waals surface area contributed by atoms with Crippen LogP contribution < -0.4 is 5.32 Å². The number of nitrogens with zero attached hydrogens (tertiary/aromatic N) is 2. The molecular formula is C13H20ClN3. The first-order valence-corrected chi connectivity index (χ1v) is 6.92. The summed E-state index contributed by atoms with van der Waals surface area (Å²) in [6.45, 7) is 3.00. The first-order chi connectivity index (χ1) is 8.29. The molecule has 0 aromatic carbocycles. The van der Waals surface area contributed by atoms with E-state index in [1.807, 2.05) is 13.0 Å². The molecule has 1 aromatic heterocycles. The van der Waals surface area contributed by atoms with E-state index in [2.05, 4.69) is 15.5 Å². The van der Waals surface area contributed by atoms with Crippen LogP contribution >= 0.6 is 11.6 Å². The van der Waals surface area contributed by atoms with Crippen molar-refractivity contribution in [3.05, 3.63) is 17.8 Å². The highest BCUT2D eigenvalue weighted by Gasteiger charge is 2.24. The molecule has 0 bridgehead atoms. The number of hydrogen-bond acceptors (Lipinski definition) is 3. The van der Waals surface area contributed by atoms with Crippen molar-refractivity contribution in [2.45, 2.75) is 32.6 Å². The van der Waals surface area contributed by atoms with Crippen LogP contribution in [0.15, 0.2) is 12.3 Å². The molecule has 0 spiro atoms. The van der Waals surface area contributed by atoms with Gasteiger partial charge in [-0.25, -0.2) is 0 Å². The molecule has 2 atom stereocenters. The molecule has 94 valence electrons. The third-order valence-corrected chi connectivity index (χ3v) is 4.00. The van der Waals surface area contributed by atoms with Gasteiger partial charge in [0.15, 0.2) is 0 Å². The van der Waals surface area contributed by atoms with E-state index < -0.39 is 0 Å². The van der Waals surface area contributed by atoms with Crippen LogP contribution in [-0.4, -0.2) is 22.6 Å². The number of aromatic nitrogens is 2. The minimum absolute atomic E-state index is 0.663. The van der Waals surface area contributed by atoms with Gasteiger partial charge in [-0.3, -0.25) is 0 Å². The summed E-state index contributed by atoms with van der Waals surface area (Å²) in [7, 11) is 0. The van der Waals surface area contributed by atoms with Crippen LogP contribution in [0.1, 0.15) is 31.2 Å². The second-order valence-electron chi connectivity index (χ2n) is 4.96. The van der Waals surface area contributed by atoms with Crippen molar-refractivity contribution in [2.75, 3.05) is 17.7 Å². The van der Waals surface area contributed by atoms with Gasteiger partial charge in [0.2, 0.25) is 0 Å². The lowest BCUT2D eigenvalue weighted by atomic mass is 9.80. The van der Waals surface area contributed by atoms with Gasteiger partial charge in [-0.2, -0.15) is 5.10 Å². The van der Waals surface area contributed by atoms with Gasteiger partial charge >= 0.3 is 0 Å². The fourth-order valence-corrected chi connectivity index (χ4v) is 2.95. The molecule has 1 aliphatic rings. The van der Waals surface area contributed by atoms with Crippen LogP contribution in [-0.2, 0) is 0 Å². The number of nitrogens with one attached hydrogen (secondary N) is 1. The third-order valence-electron chi connectivity index (χ3n) is 3.60. The maximum Gasteiger partial charge on any atom is 0.148 e. The monoisotopic (exact) mass is 253 g/mol. The highest BCUT2D eigenvalue weighted by atomic mass is 35.5. The van der Waals surface area contributed by atoms with Crippen LogP contribution in [0.5, 0.6) is 0 Å². The molecule has 17 heavy (non-hydrogen) atoms. The zero-order valence-electron chi connectivity index (χ0n) is 10.3. The van der Waals surface area contributed by atoms with Crippen LogP contribution in [0.4, 0.5) is 5.82 Å². The Morgan fingerprint density at radius 1 is 1.35 bits per heavy atom. The third kappa shape index (κ3) is 3.56. The summed E-state index contributed by atoms with van der Waals surface area (Å²) in [4.78, 5) is 0. The molecule has 1 saturated carbocycles. The molecule has 0 amide bonds. The second-order valence-corrected chi connectivity index (χ2v) is 5.27. The Morgan fingerprint density at radius 2 is 2.12 bits per heavy atom. The fraction of sp³-hybridized carbons (Fsp3) is 0.692. The Balaban J connectivity index is 1.88. The zero-order valence-corrected chi connectivity index (χ0v) is 11.1. The van der Waals surface area contributed by atoms with Crippen molar-refractivity contribution in [3.63, 3.8) is 0 Å². The van der Waals surface area contributed by atoms with Gasteiger partial charge in [0.1, 0.15) is 5.82 Å². The lowest BCUT2D eigenvalue weighted by Gasteiger charge is -2.30. The smallest absolute Gasteiger partial charge is 0.148 e. The summed E-state index contributed by atoms with van der Waals surface area (Å²) in [5.74, 6) is 3.01. The van der Waals surface area contributed by atoms with Gasteiger partial charge in [-0.05, 0) is 43.2 Å². The lowest BCUT2D eigenvalue weighted by Crippen LogP contribution is -2.27. The molecule has 2 unspecified atom stereocenters. The van der Waals surface area contributed by atoms with E-state index in [1.54, 1.807) is 6.20 Å². The minimum Gasteiger partial charge on any atom is -0.368 e. The number of aryl methyl sites for hydroxylation is 1. The van der Waals surface area contributed by atoms with Crippen molar-refractivity contribution in [2.24, 2.45) is 11.8 Å². The van der Waals surface area contributed by atoms with Crippen LogP contribution in [0.2, 0.25) is 0 Å². The number of alkyl halides is 1. The van der Waals surface area contributed by atoms with Crippen molar-refractivity contribution in [1.82, 2.24) is 10.2 Å². The standard InChI is InChI=1S/C13H20ClN3/c1-10-6-13(17-16-8-10)15-9-12-5-3-2-4-11(12)7-14/h6,8,11-12H,2-5,7,9H2,1H3,(H,15,17). The van der Waals surface area contributed by atoms with Crippen LogP contribution in [0, 0.1) is 18.8 Å². The molecule has 1 heterocycles. The Bertz CT molecular complexity index is 356. The van der Waals surface area contributed by atoms with Gasteiger partial charge in [0.25, 0.3) is 0 Å². The first kappa shape index (κ1) is 12.6. The SMILES string of the molecule is Cc1cnnc(NCC2CCCCC2CCl)c1. The molecule has 1 fully saturated rings. The molecule has 3 nitrogen and oxygen atoms in total. The normalized spacial score (nSPS) is 24.6. The predicted molar refractivity (Wildman–Crippen MR) is 71.4 cm³/mol. The van der Waals surface area contributed by atoms with Crippen molar-refractivity contribution < 1.29 is 0 Å². The highest BCUT2D eigenvalue weighted by Crippen LogP contribution is 2.30. The average molecular weight is 254 g/mol. The summed E-state index contributed by atoms with van der Waals surface area (Å²) < 4.78 is 0. The number of rotatable bonds is 4. The van der Waals surface area contributed by atoms with Crippen molar-refractivity contribution in [3.8, 4) is 0 Å². The van der Waals surface area contributed by atoms with Gasteiger partial charge in [0.05, 0.1) is 6.20 Å². The van der Waals surface area contributed by atoms with Gasteiger partial charge in [-0.1, -0.05) is 12.8 Å². The largest absolute Gasteiger partial charge is 0.368 e. The predicted octanol–water partition coefficient (Wildman–Crippen LogP) is 3.24. The van der Waals surface area contributed by atoms with Crippen LogP contribution in [0.25, 0.3) is 0 Å². The average Bonchev–Trinajstić information content (AvgIpc) is 2.37. The van der Waals surface area contributed by atoms with Gasteiger partial charge in [-0.15, -0.1) is 16.7 Å². The highest BCUT2D eigenvalue weighted by molar-refractivity contribution is 6.18. The molecule has 1 aliphatic carbocycles. The van der Waals surface area contributed by atoms with Crippen molar-refractivity contribution >= 4 is 17.4 Å². The number of halogens is 1. The summed E-state index contributed by atoms with van der Waals surface area (Å²) in [6, 6.07) is 2.03. The maximum absolute atomic E-state index is 6.03. The van der Waals surface area contributed by atoms with Gasteiger partial charge < -0.3 is 5.32 Å². The Labute approximate surface area is 108 Å². The summed E-state index contributed by atoms with van der Waals surface area (Å²) in [6.07, 6.45) is 6.99. The Hall–Kier alpha value is -0.830. The molecule has 2 rings (SSSR count). The minimum atomic E-state index is 0.663. The zero-order chi connectivity index (χ0) is 12.1. The second kappa shape index (κ2) is 6.20. The quantitative estimate of drug-likeness (QED) is 0.838. The number of anilines is 1. The van der Waals surface area contributed by atoms with E-state index in [1.165, 1.54) is 25.7 Å². The summed E-state index contributed by atoms with van der Waals surface area (Å²) in [5.41, 5.74) is 1.14. The van der Waals surface area contributed by atoms with Crippen molar-refractivity contribution in [1.29, 1.82) is 0 Å². The molecular weight excluding hydrogens is 234 g/mol. The lowest BCUT2D eigenvalue weighted by molar-refractivity contribution is 0.272. The van der Waals surface area contributed by atoms with E-state index in [-0.39, 0.29) is 0 Å². The van der Waals surface area contributed by atoms with Crippen LogP contribution in [0.3, 0.4) is 0 Å². The van der Waals surface area contributed by atoms with E-state index in [4.69, 9.17) is 11.6 Å². The molecule has 0 aliphatic heterocycles.